The first kappa shape index (κ1) is 14.9. The summed E-state index contributed by atoms with van der Waals surface area (Å²) in [5.41, 5.74) is 4.73. The van der Waals surface area contributed by atoms with Gasteiger partial charge in [-0.2, -0.15) is 0 Å². The number of hydrogen-bond donors (Lipinski definition) is 1. The Hall–Kier alpha value is -2.43. The number of piperidine rings is 1. The molecule has 3 aromatic rings. The second-order valence-corrected chi connectivity index (χ2v) is 7.43. The Bertz CT molecular complexity index is 903. The van der Waals surface area contributed by atoms with Gasteiger partial charge in [0.2, 0.25) is 0 Å². The van der Waals surface area contributed by atoms with Gasteiger partial charge in [0, 0.05) is 36.7 Å². The first-order valence-corrected chi connectivity index (χ1v) is 9.30. The van der Waals surface area contributed by atoms with E-state index >= 15 is 0 Å². The number of nitrogens with one attached hydrogen (secondary N) is 1. The van der Waals surface area contributed by atoms with Gasteiger partial charge in [-0.1, -0.05) is 12.1 Å². The van der Waals surface area contributed by atoms with Gasteiger partial charge in [-0.3, -0.25) is 0 Å². The van der Waals surface area contributed by atoms with Crippen LogP contribution in [0.5, 0.6) is 0 Å². The Balaban J connectivity index is 1.32. The van der Waals surface area contributed by atoms with Crippen molar-refractivity contribution in [2.75, 3.05) is 18.0 Å². The summed E-state index contributed by atoms with van der Waals surface area (Å²) in [4.78, 5) is 19.8. The smallest absolute Gasteiger partial charge is 0.132 e. The van der Waals surface area contributed by atoms with Gasteiger partial charge in [-0.15, -0.1) is 0 Å². The molecule has 1 aliphatic carbocycles. The van der Waals surface area contributed by atoms with Gasteiger partial charge in [0.05, 0.1) is 11.0 Å². The van der Waals surface area contributed by atoms with Gasteiger partial charge in [0.1, 0.15) is 18.0 Å². The summed E-state index contributed by atoms with van der Waals surface area (Å²) in [5.74, 6) is 3.42. The van der Waals surface area contributed by atoms with Crippen molar-refractivity contribution in [2.24, 2.45) is 0 Å². The number of aromatic amines is 1. The maximum atomic E-state index is 4.88. The van der Waals surface area contributed by atoms with E-state index in [0.29, 0.717) is 11.8 Å². The van der Waals surface area contributed by atoms with Crippen LogP contribution >= 0.6 is 0 Å². The molecule has 1 aliphatic heterocycles. The van der Waals surface area contributed by atoms with Crippen molar-refractivity contribution in [3.8, 4) is 0 Å². The molecular weight excluding hydrogens is 310 g/mol. The monoisotopic (exact) mass is 333 g/mol. The van der Waals surface area contributed by atoms with Crippen LogP contribution in [0.15, 0.2) is 30.6 Å². The molecule has 0 radical (unpaired) electrons. The zero-order valence-electron chi connectivity index (χ0n) is 14.6. The van der Waals surface area contributed by atoms with Crippen molar-refractivity contribution in [3.05, 3.63) is 47.7 Å². The number of hydrogen-bond acceptors (Lipinski definition) is 4. The third-order valence-electron chi connectivity index (χ3n) is 5.61. The van der Waals surface area contributed by atoms with E-state index in [2.05, 4.69) is 51.0 Å². The van der Waals surface area contributed by atoms with E-state index in [9.17, 15) is 0 Å². The average Bonchev–Trinajstić information content (AvgIpc) is 3.41. The van der Waals surface area contributed by atoms with E-state index < -0.39 is 0 Å². The van der Waals surface area contributed by atoms with E-state index in [1.807, 2.05) is 0 Å². The molecule has 1 saturated heterocycles. The minimum atomic E-state index is 0.507. The van der Waals surface area contributed by atoms with Gasteiger partial charge in [-0.25, -0.2) is 15.0 Å². The normalized spacial score (nSPS) is 18.8. The van der Waals surface area contributed by atoms with Crippen molar-refractivity contribution < 1.29 is 0 Å². The molecule has 1 N–H and O–H groups in total. The van der Waals surface area contributed by atoms with Gasteiger partial charge in [0.15, 0.2) is 0 Å². The summed E-state index contributed by atoms with van der Waals surface area (Å²) < 4.78 is 0. The number of H-pyrrole nitrogens is 1. The van der Waals surface area contributed by atoms with Crippen molar-refractivity contribution in [2.45, 2.75) is 44.4 Å². The largest absolute Gasteiger partial charge is 0.356 e. The Morgan fingerprint density at radius 2 is 1.88 bits per heavy atom. The van der Waals surface area contributed by atoms with Crippen LogP contribution in [-0.2, 0) is 0 Å². The fourth-order valence-corrected chi connectivity index (χ4v) is 3.91. The molecule has 1 saturated carbocycles. The third-order valence-corrected chi connectivity index (χ3v) is 5.61. The zero-order valence-corrected chi connectivity index (χ0v) is 14.6. The molecule has 0 atom stereocenters. The molecule has 128 valence electrons. The lowest BCUT2D eigenvalue weighted by Gasteiger charge is -2.32. The van der Waals surface area contributed by atoms with E-state index in [4.69, 9.17) is 4.98 Å². The van der Waals surface area contributed by atoms with Gasteiger partial charge in [-0.05, 0) is 44.2 Å². The van der Waals surface area contributed by atoms with E-state index in [-0.39, 0.29) is 0 Å². The minimum Gasteiger partial charge on any atom is -0.356 e. The van der Waals surface area contributed by atoms with Crippen LogP contribution in [-0.4, -0.2) is 33.0 Å². The fraction of sp³-hybridized carbons (Fsp3) is 0.450. The van der Waals surface area contributed by atoms with Crippen LogP contribution in [0.4, 0.5) is 5.82 Å². The van der Waals surface area contributed by atoms with Gasteiger partial charge in [0.25, 0.3) is 0 Å². The summed E-state index contributed by atoms with van der Waals surface area (Å²) in [6.07, 6.45) is 6.52. The third kappa shape index (κ3) is 2.77. The highest BCUT2D eigenvalue weighted by atomic mass is 15.2. The van der Waals surface area contributed by atoms with Crippen LogP contribution in [0.3, 0.4) is 0 Å². The number of benzene rings is 1. The maximum absolute atomic E-state index is 4.88. The summed E-state index contributed by atoms with van der Waals surface area (Å²) in [6, 6.07) is 8.54. The highest BCUT2D eigenvalue weighted by Gasteiger charge is 2.27. The zero-order chi connectivity index (χ0) is 16.8. The summed E-state index contributed by atoms with van der Waals surface area (Å²) >= 11 is 0. The quantitative estimate of drug-likeness (QED) is 0.789. The topological polar surface area (TPSA) is 57.7 Å². The highest BCUT2D eigenvalue weighted by Crippen LogP contribution is 2.39. The second-order valence-electron chi connectivity index (χ2n) is 7.43. The number of para-hydroxylation sites is 1. The van der Waals surface area contributed by atoms with Gasteiger partial charge >= 0.3 is 0 Å². The second kappa shape index (κ2) is 5.83. The van der Waals surface area contributed by atoms with Crippen LogP contribution < -0.4 is 4.90 Å². The fourth-order valence-electron chi connectivity index (χ4n) is 3.91. The van der Waals surface area contributed by atoms with Crippen molar-refractivity contribution >= 4 is 16.9 Å². The Morgan fingerprint density at radius 1 is 1.04 bits per heavy atom. The number of anilines is 1. The van der Waals surface area contributed by atoms with Gasteiger partial charge < -0.3 is 9.88 Å². The molecule has 5 rings (SSSR count). The maximum Gasteiger partial charge on any atom is 0.132 e. The number of aryl methyl sites for hydroxylation is 1. The minimum absolute atomic E-state index is 0.507. The molecule has 5 nitrogen and oxygen atoms in total. The van der Waals surface area contributed by atoms with Crippen molar-refractivity contribution in [1.82, 2.24) is 19.9 Å². The first-order valence-electron chi connectivity index (χ1n) is 9.30. The molecule has 0 spiro atoms. The number of rotatable bonds is 3. The Morgan fingerprint density at radius 3 is 2.64 bits per heavy atom. The molecule has 5 heteroatoms. The number of aromatic nitrogens is 4. The lowest BCUT2D eigenvalue weighted by molar-refractivity contribution is 0.487. The highest BCUT2D eigenvalue weighted by molar-refractivity contribution is 5.78. The molecule has 0 amide bonds. The Kier molecular flexibility index (Phi) is 3.47. The molecule has 3 heterocycles. The van der Waals surface area contributed by atoms with Crippen LogP contribution in [0.25, 0.3) is 11.0 Å². The number of nitrogens with zero attached hydrogens (tertiary/aromatic N) is 4. The summed E-state index contributed by atoms with van der Waals surface area (Å²) in [5, 5.41) is 0. The molecular formula is C20H23N5. The number of fused-ring (bicyclic) bond motifs is 1. The van der Waals surface area contributed by atoms with Crippen molar-refractivity contribution in [3.63, 3.8) is 0 Å². The van der Waals surface area contributed by atoms with Crippen molar-refractivity contribution in [1.29, 1.82) is 0 Å². The van der Waals surface area contributed by atoms with Crippen LogP contribution in [0, 0.1) is 6.92 Å². The lowest BCUT2D eigenvalue weighted by atomic mass is 9.96. The molecule has 0 bridgehead atoms. The molecule has 1 aromatic carbocycles. The van der Waals surface area contributed by atoms with Crippen LogP contribution in [0.2, 0.25) is 0 Å². The molecule has 25 heavy (non-hydrogen) atoms. The first-order chi connectivity index (χ1) is 12.3. The molecule has 0 unspecified atom stereocenters. The van der Waals surface area contributed by atoms with Crippen LogP contribution in [0.1, 0.15) is 54.6 Å². The van der Waals surface area contributed by atoms with E-state index in [1.54, 1.807) is 6.33 Å². The number of imidazole rings is 1. The average molecular weight is 333 g/mol. The standard InChI is InChI=1S/C20H23N5/c1-13-3-2-4-16-19(13)24-20(23-16)15-7-9-25(10-8-15)18-11-17(14-5-6-14)21-12-22-18/h2-4,11-12,14-15H,5-10H2,1H3,(H,23,24). The van der Waals surface area contributed by atoms with E-state index in [1.165, 1.54) is 24.1 Å². The molecule has 2 aromatic heterocycles. The summed E-state index contributed by atoms with van der Waals surface area (Å²) in [6.45, 7) is 4.19. The molecule has 2 fully saturated rings. The predicted molar refractivity (Wildman–Crippen MR) is 99.0 cm³/mol. The lowest BCUT2D eigenvalue weighted by Crippen LogP contribution is -2.33. The Labute approximate surface area is 147 Å². The van der Waals surface area contributed by atoms with E-state index in [0.717, 1.165) is 48.6 Å². The SMILES string of the molecule is Cc1cccc2[nH]c(C3CCN(c4cc(C5CC5)ncn4)CC3)nc12. The predicted octanol–water partition coefficient (Wildman–Crippen LogP) is 3.92. The summed E-state index contributed by atoms with van der Waals surface area (Å²) in [7, 11) is 0. The molecule has 2 aliphatic rings.